The van der Waals surface area contributed by atoms with E-state index in [1.165, 1.54) is 0 Å². The van der Waals surface area contributed by atoms with Gasteiger partial charge in [-0.3, -0.25) is 0 Å². The van der Waals surface area contributed by atoms with Gasteiger partial charge in [-0.25, -0.2) is 0 Å². The normalized spacial score (nSPS) is 34.6. The zero-order valence-corrected chi connectivity index (χ0v) is 6.74. The molecule has 3 heteroatoms. The summed E-state index contributed by atoms with van der Waals surface area (Å²) in [6.45, 7) is 1.87. The smallest absolute Gasteiger partial charge is 0.0663 e. The second kappa shape index (κ2) is 2.76. The highest BCUT2D eigenvalue weighted by Gasteiger charge is 2.25. The highest BCUT2D eigenvalue weighted by atomic mass is 32.1. The van der Waals surface area contributed by atoms with Gasteiger partial charge in [-0.2, -0.15) is 0 Å². The number of hydrogen-bond acceptors (Lipinski definition) is 3. The summed E-state index contributed by atoms with van der Waals surface area (Å²) in [6.07, 6.45) is 0.792. The Hall–Kier alpha value is -0.280. The summed E-state index contributed by atoms with van der Waals surface area (Å²) in [5.41, 5.74) is 0.573. The lowest BCUT2D eigenvalue weighted by atomic mass is 9.86. The third-order valence-electron chi connectivity index (χ3n) is 1.95. The average molecular weight is 157 g/mol. The van der Waals surface area contributed by atoms with Gasteiger partial charge in [-0.1, -0.05) is 19.1 Å². The minimum Gasteiger partial charge on any atom is -0.392 e. The van der Waals surface area contributed by atoms with Crippen LogP contribution in [0.1, 0.15) is 19.8 Å². The van der Waals surface area contributed by atoms with E-state index in [0.29, 0.717) is 18.6 Å². The molecule has 0 aliphatic heterocycles. The van der Waals surface area contributed by atoms with Gasteiger partial charge in [-0.15, -0.1) is 0 Å². The van der Waals surface area contributed by atoms with Crippen molar-refractivity contribution in [3.63, 3.8) is 0 Å². The maximum atomic E-state index is 9.29. The van der Waals surface area contributed by atoms with Crippen molar-refractivity contribution in [1.82, 2.24) is 0 Å². The van der Waals surface area contributed by atoms with Gasteiger partial charge in [0.25, 0.3) is 0 Å². The number of rotatable bonds is 0. The fraction of sp³-hybridized carbons (Fsp3) is 0.714. The summed E-state index contributed by atoms with van der Waals surface area (Å²) in [7, 11) is 0. The van der Waals surface area contributed by atoms with Crippen LogP contribution in [0.15, 0.2) is 0 Å². The Balaban J connectivity index is 2.66. The number of aliphatic hydroxyl groups is 1. The summed E-state index contributed by atoms with van der Waals surface area (Å²) in [5.74, 6) is 0.00620. The summed E-state index contributed by atoms with van der Waals surface area (Å²) < 4.78 is 0. The van der Waals surface area contributed by atoms with Crippen LogP contribution in [0.2, 0.25) is 0 Å². The zero-order valence-electron chi connectivity index (χ0n) is 5.92. The molecule has 1 fully saturated rings. The van der Waals surface area contributed by atoms with Gasteiger partial charge in [0.1, 0.15) is 0 Å². The van der Waals surface area contributed by atoms with Crippen LogP contribution in [0.4, 0.5) is 0 Å². The van der Waals surface area contributed by atoms with Gasteiger partial charge in [-0.05, 0) is 0 Å². The Bertz CT molecular complexity index is 178. The topological polar surface area (TPSA) is 44.1 Å². The van der Waals surface area contributed by atoms with Crippen LogP contribution in [0.5, 0.6) is 0 Å². The fourth-order valence-electron chi connectivity index (χ4n) is 1.09. The van der Waals surface area contributed by atoms with E-state index in [9.17, 15) is 5.11 Å². The van der Waals surface area contributed by atoms with Gasteiger partial charge in [0.05, 0.1) is 6.10 Å². The first kappa shape index (κ1) is 7.82. The van der Waals surface area contributed by atoms with Crippen molar-refractivity contribution in [2.24, 2.45) is 5.92 Å². The van der Waals surface area contributed by atoms with Crippen LogP contribution in [0.3, 0.4) is 0 Å². The first-order chi connectivity index (χ1) is 4.61. The molecule has 2 unspecified atom stereocenters. The molecule has 2 N–H and O–H groups in total. The molecule has 0 aromatic heterocycles. The largest absolute Gasteiger partial charge is 0.392 e. The Labute approximate surface area is 65.8 Å². The SMILES string of the molecule is CC1C(=N)CC(=S)CC1O. The lowest BCUT2D eigenvalue weighted by Crippen LogP contribution is -2.33. The average Bonchev–Trinajstić information content (AvgIpc) is 1.82. The number of nitrogens with one attached hydrogen (secondary N) is 1. The van der Waals surface area contributed by atoms with E-state index in [1.807, 2.05) is 6.92 Å². The Kier molecular flexibility index (Phi) is 2.16. The van der Waals surface area contributed by atoms with Crippen LogP contribution in [-0.2, 0) is 0 Å². The summed E-state index contributed by atoms with van der Waals surface area (Å²) in [6, 6.07) is 0. The van der Waals surface area contributed by atoms with E-state index in [1.54, 1.807) is 0 Å². The summed E-state index contributed by atoms with van der Waals surface area (Å²) >= 11 is 4.91. The Morgan fingerprint density at radius 3 is 2.80 bits per heavy atom. The van der Waals surface area contributed by atoms with E-state index in [0.717, 1.165) is 4.86 Å². The van der Waals surface area contributed by atoms with Crippen molar-refractivity contribution < 1.29 is 5.11 Å². The fourth-order valence-corrected chi connectivity index (χ4v) is 1.41. The van der Waals surface area contributed by atoms with E-state index in [2.05, 4.69) is 0 Å². The molecule has 0 aromatic carbocycles. The maximum absolute atomic E-state index is 9.29. The molecule has 2 atom stereocenters. The first-order valence-electron chi connectivity index (χ1n) is 3.38. The zero-order chi connectivity index (χ0) is 7.72. The molecule has 0 radical (unpaired) electrons. The standard InChI is InChI=1S/C7H11NOS/c1-4-6(8)2-5(10)3-7(4)9/h4,7-9H,2-3H2,1H3. The molecule has 2 nitrogen and oxygen atoms in total. The third-order valence-corrected chi connectivity index (χ3v) is 2.26. The van der Waals surface area contributed by atoms with Crippen molar-refractivity contribution >= 4 is 22.8 Å². The minimum absolute atomic E-state index is 0.00620. The van der Waals surface area contributed by atoms with E-state index < -0.39 is 6.10 Å². The maximum Gasteiger partial charge on any atom is 0.0663 e. The quantitative estimate of drug-likeness (QED) is 0.518. The monoisotopic (exact) mass is 157 g/mol. The molecule has 10 heavy (non-hydrogen) atoms. The molecule has 0 spiro atoms. The summed E-state index contributed by atoms with van der Waals surface area (Å²) in [5, 5.41) is 16.7. The van der Waals surface area contributed by atoms with Gasteiger partial charge < -0.3 is 10.5 Å². The van der Waals surface area contributed by atoms with E-state index in [4.69, 9.17) is 17.6 Å². The minimum atomic E-state index is -0.409. The molecule has 1 aliphatic rings. The highest BCUT2D eigenvalue weighted by molar-refractivity contribution is 7.80. The number of thiocarbonyl (C=S) groups is 1. The predicted molar refractivity (Wildman–Crippen MR) is 44.7 cm³/mol. The molecule has 0 bridgehead atoms. The van der Waals surface area contributed by atoms with Crippen molar-refractivity contribution in [3.05, 3.63) is 0 Å². The van der Waals surface area contributed by atoms with Crippen molar-refractivity contribution in [2.45, 2.75) is 25.9 Å². The molecule has 1 saturated carbocycles. The summed E-state index contributed by atoms with van der Waals surface area (Å²) in [4.78, 5) is 0.815. The molecular formula is C7H11NOS. The Morgan fingerprint density at radius 1 is 1.70 bits per heavy atom. The van der Waals surface area contributed by atoms with Gasteiger partial charge in [0, 0.05) is 29.3 Å². The number of aliphatic hydroxyl groups excluding tert-OH is 1. The molecule has 56 valence electrons. The molecular weight excluding hydrogens is 146 g/mol. The van der Waals surface area contributed by atoms with E-state index >= 15 is 0 Å². The lowest BCUT2D eigenvalue weighted by Gasteiger charge is -2.25. The second-order valence-corrected chi connectivity index (χ2v) is 3.38. The molecule has 0 heterocycles. The molecule has 0 saturated heterocycles. The second-order valence-electron chi connectivity index (χ2n) is 2.80. The first-order valence-corrected chi connectivity index (χ1v) is 3.79. The van der Waals surface area contributed by atoms with Crippen molar-refractivity contribution in [1.29, 1.82) is 5.41 Å². The molecule has 0 aromatic rings. The van der Waals surface area contributed by atoms with Gasteiger partial charge in [0.15, 0.2) is 0 Å². The lowest BCUT2D eigenvalue weighted by molar-refractivity contribution is 0.149. The van der Waals surface area contributed by atoms with Gasteiger partial charge in [0.2, 0.25) is 0 Å². The van der Waals surface area contributed by atoms with Crippen LogP contribution >= 0.6 is 12.2 Å². The predicted octanol–water partition coefficient (Wildman–Crippen LogP) is 1.17. The third kappa shape index (κ3) is 1.41. The van der Waals surface area contributed by atoms with Crippen LogP contribution < -0.4 is 0 Å². The van der Waals surface area contributed by atoms with Crippen molar-refractivity contribution in [3.8, 4) is 0 Å². The van der Waals surface area contributed by atoms with Crippen LogP contribution in [0.25, 0.3) is 0 Å². The highest BCUT2D eigenvalue weighted by Crippen LogP contribution is 2.19. The number of hydrogen-bond donors (Lipinski definition) is 2. The van der Waals surface area contributed by atoms with Crippen LogP contribution in [0, 0.1) is 11.3 Å². The van der Waals surface area contributed by atoms with Crippen molar-refractivity contribution in [2.75, 3.05) is 0 Å². The van der Waals surface area contributed by atoms with Crippen LogP contribution in [-0.4, -0.2) is 21.8 Å². The molecule has 0 amide bonds. The van der Waals surface area contributed by atoms with Gasteiger partial charge >= 0.3 is 0 Å². The van der Waals surface area contributed by atoms with E-state index in [-0.39, 0.29) is 5.92 Å². The molecule has 1 rings (SSSR count). The molecule has 1 aliphatic carbocycles. The Morgan fingerprint density at radius 2 is 2.30 bits per heavy atom.